The lowest BCUT2D eigenvalue weighted by atomic mass is 10.1. The number of para-hydroxylation sites is 1. The Morgan fingerprint density at radius 3 is 2.52 bits per heavy atom. The number of nitrogens with zero attached hydrogens (tertiary/aromatic N) is 1. The third-order valence-electron chi connectivity index (χ3n) is 4.38. The van der Waals surface area contributed by atoms with Crippen molar-refractivity contribution in [2.75, 3.05) is 25.0 Å². The van der Waals surface area contributed by atoms with E-state index in [0.29, 0.717) is 17.8 Å². The van der Waals surface area contributed by atoms with Crippen molar-refractivity contribution in [2.24, 2.45) is 0 Å². The topological polar surface area (TPSA) is 61.4 Å². The minimum Gasteiger partial charge on any atom is -0.339 e. The van der Waals surface area contributed by atoms with Gasteiger partial charge in [0, 0.05) is 19.6 Å². The maximum atomic E-state index is 12.8. The highest BCUT2D eigenvalue weighted by Gasteiger charge is 2.23. The Balaban J connectivity index is 1.75. The van der Waals surface area contributed by atoms with E-state index in [1.165, 1.54) is 12.8 Å². The first-order chi connectivity index (χ1) is 11.3. The SMILES string of the molecule is O=C(Nc1ccccc1C(=O)N1CCCCCC1)[C@@H]1C=CCN1. The number of hydrogen-bond donors (Lipinski definition) is 2. The van der Waals surface area contributed by atoms with Gasteiger partial charge in [0.25, 0.3) is 5.91 Å². The van der Waals surface area contributed by atoms with E-state index in [1.807, 2.05) is 29.2 Å². The van der Waals surface area contributed by atoms with Gasteiger partial charge in [0.15, 0.2) is 0 Å². The van der Waals surface area contributed by atoms with Crippen LogP contribution in [0.4, 0.5) is 5.69 Å². The average molecular weight is 313 g/mol. The molecule has 122 valence electrons. The first kappa shape index (κ1) is 15.7. The van der Waals surface area contributed by atoms with Crippen LogP contribution in [0.5, 0.6) is 0 Å². The summed E-state index contributed by atoms with van der Waals surface area (Å²) in [5.41, 5.74) is 1.17. The number of carbonyl (C=O) groups is 2. The molecule has 2 aliphatic rings. The summed E-state index contributed by atoms with van der Waals surface area (Å²) in [7, 11) is 0. The van der Waals surface area contributed by atoms with Gasteiger partial charge in [-0.3, -0.25) is 14.9 Å². The molecular weight excluding hydrogens is 290 g/mol. The van der Waals surface area contributed by atoms with E-state index < -0.39 is 0 Å². The summed E-state index contributed by atoms with van der Waals surface area (Å²) in [6.45, 7) is 2.30. The normalized spacial score (nSPS) is 21.0. The van der Waals surface area contributed by atoms with E-state index in [-0.39, 0.29) is 17.9 Å². The van der Waals surface area contributed by atoms with Crippen molar-refractivity contribution in [1.29, 1.82) is 0 Å². The summed E-state index contributed by atoms with van der Waals surface area (Å²) in [4.78, 5) is 27.0. The third-order valence-corrected chi connectivity index (χ3v) is 4.38. The van der Waals surface area contributed by atoms with Gasteiger partial charge >= 0.3 is 0 Å². The number of likely N-dealkylation sites (tertiary alicyclic amines) is 1. The van der Waals surface area contributed by atoms with Crippen LogP contribution in [0.3, 0.4) is 0 Å². The molecule has 0 bridgehead atoms. The summed E-state index contributed by atoms with van der Waals surface area (Å²) in [6.07, 6.45) is 8.24. The molecule has 5 nitrogen and oxygen atoms in total. The Hall–Kier alpha value is -2.14. The smallest absolute Gasteiger partial charge is 0.255 e. The van der Waals surface area contributed by atoms with Gasteiger partial charge in [-0.15, -0.1) is 0 Å². The highest BCUT2D eigenvalue weighted by Crippen LogP contribution is 2.20. The van der Waals surface area contributed by atoms with Gasteiger partial charge in [-0.25, -0.2) is 0 Å². The van der Waals surface area contributed by atoms with Gasteiger partial charge in [-0.05, 0) is 25.0 Å². The van der Waals surface area contributed by atoms with Crippen LogP contribution in [0, 0.1) is 0 Å². The van der Waals surface area contributed by atoms with E-state index in [1.54, 1.807) is 12.1 Å². The Bertz CT molecular complexity index is 604. The lowest BCUT2D eigenvalue weighted by Gasteiger charge is -2.22. The van der Waals surface area contributed by atoms with E-state index in [0.717, 1.165) is 25.9 Å². The third kappa shape index (κ3) is 3.79. The van der Waals surface area contributed by atoms with Gasteiger partial charge in [0.1, 0.15) is 6.04 Å². The molecular formula is C18H23N3O2. The summed E-state index contributed by atoms with van der Waals surface area (Å²) in [6, 6.07) is 6.94. The van der Waals surface area contributed by atoms with Crippen molar-refractivity contribution in [1.82, 2.24) is 10.2 Å². The monoisotopic (exact) mass is 313 g/mol. The van der Waals surface area contributed by atoms with E-state index in [2.05, 4.69) is 10.6 Å². The number of nitrogens with one attached hydrogen (secondary N) is 2. The maximum absolute atomic E-state index is 12.8. The number of amides is 2. The predicted molar refractivity (Wildman–Crippen MR) is 90.4 cm³/mol. The number of rotatable bonds is 3. The number of benzene rings is 1. The summed E-state index contributed by atoms with van der Waals surface area (Å²) < 4.78 is 0. The minimum atomic E-state index is -0.323. The quantitative estimate of drug-likeness (QED) is 0.841. The molecule has 1 atom stereocenters. The summed E-state index contributed by atoms with van der Waals surface area (Å²) >= 11 is 0. The summed E-state index contributed by atoms with van der Waals surface area (Å²) in [5.74, 6) is -0.118. The molecule has 1 aromatic rings. The fourth-order valence-electron chi connectivity index (χ4n) is 3.08. The molecule has 2 aliphatic heterocycles. The highest BCUT2D eigenvalue weighted by molar-refractivity contribution is 6.05. The molecule has 1 saturated heterocycles. The van der Waals surface area contributed by atoms with Gasteiger partial charge < -0.3 is 10.2 Å². The Morgan fingerprint density at radius 1 is 1.09 bits per heavy atom. The van der Waals surface area contributed by atoms with Crippen LogP contribution in [0.1, 0.15) is 36.0 Å². The van der Waals surface area contributed by atoms with Crippen molar-refractivity contribution < 1.29 is 9.59 Å². The van der Waals surface area contributed by atoms with Crippen LogP contribution in [0.2, 0.25) is 0 Å². The molecule has 0 saturated carbocycles. The molecule has 2 heterocycles. The predicted octanol–water partition coefficient (Wildman–Crippen LogP) is 2.17. The van der Waals surface area contributed by atoms with Gasteiger partial charge in [-0.1, -0.05) is 37.1 Å². The van der Waals surface area contributed by atoms with Crippen molar-refractivity contribution in [2.45, 2.75) is 31.7 Å². The first-order valence-corrected chi connectivity index (χ1v) is 8.35. The zero-order valence-corrected chi connectivity index (χ0v) is 13.3. The standard InChI is InChI=1S/C18H23N3O2/c22-17(16-10-7-11-19-16)20-15-9-4-3-8-14(15)18(23)21-12-5-1-2-6-13-21/h3-4,7-10,16,19H,1-2,5-6,11-13H2,(H,20,22)/t16-/m0/s1. The van der Waals surface area contributed by atoms with Crippen molar-refractivity contribution in [3.05, 3.63) is 42.0 Å². The lowest BCUT2D eigenvalue weighted by molar-refractivity contribution is -0.116. The Labute approximate surface area is 136 Å². The lowest BCUT2D eigenvalue weighted by Crippen LogP contribution is -2.37. The fraction of sp³-hybridized carbons (Fsp3) is 0.444. The van der Waals surface area contributed by atoms with Gasteiger partial charge in [0.05, 0.1) is 11.3 Å². The number of hydrogen-bond acceptors (Lipinski definition) is 3. The molecule has 5 heteroatoms. The Kier molecular flexibility index (Phi) is 5.08. The zero-order valence-electron chi connectivity index (χ0n) is 13.3. The van der Waals surface area contributed by atoms with Crippen molar-refractivity contribution in [3.8, 4) is 0 Å². The molecule has 0 aliphatic carbocycles. The molecule has 1 fully saturated rings. The second kappa shape index (κ2) is 7.42. The van der Waals surface area contributed by atoms with E-state index in [9.17, 15) is 9.59 Å². The molecule has 2 amide bonds. The largest absolute Gasteiger partial charge is 0.339 e. The molecule has 2 N–H and O–H groups in total. The van der Waals surface area contributed by atoms with Crippen LogP contribution in [0.25, 0.3) is 0 Å². The van der Waals surface area contributed by atoms with Crippen molar-refractivity contribution in [3.63, 3.8) is 0 Å². The first-order valence-electron chi connectivity index (χ1n) is 8.35. The molecule has 0 spiro atoms. The van der Waals surface area contributed by atoms with E-state index >= 15 is 0 Å². The fourth-order valence-corrected chi connectivity index (χ4v) is 3.08. The van der Waals surface area contributed by atoms with Gasteiger partial charge in [-0.2, -0.15) is 0 Å². The van der Waals surface area contributed by atoms with E-state index in [4.69, 9.17) is 0 Å². The molecule has 1 aromatic carbocycles. The van der Waals surface area contributed by atoms with Crippen LogP contribution in [-0.4, -0.2) is 42.4 Å². The minimum absolute atomic E-state index is 0.0118. The second-order valence-electron chi connectivity index (χ2n) is 6.06. The van der Waals surface area contributed by atoms with Crippen LogP contribution in [-0.2, 0) is 4.79 Å². The van der Waals surface area contributed by atoms with Gasteiger partial charge in [0.2, 0.25) is 5.91 Å². The molecule has 0 unspecified atom stereocenters. The maximum Gasteiger partial charge on any atom is 0.255 e. The number of anilines is 1. The zero-order chi connectivity index (χ0) is 16.1. The molecule has 23 heavy (non-hydrogen) atoms. The van der Waals surface area contributed by atoms with Crippen LogP contribution in [0.15, 0.2) is 36.4 Å². The van der Waals surface area contributed by atoms with Crippen LogP contribution < -0.4 is 10.6 Å². The molecule has 3 rings (SSSR count). The molecule has 0 aromatic heterocycles. The number of carbonyl (C=O) groups excluding carboxylic acids is 2. The highest BCUT2D eigenvalue weighted by atomic mass is 16.2. The Morgan fingerprint density at radius 2 is 1.83 bits per heavy atom. The van der Waals surface area contributed by atoms with Crippen molar-refractivity contribution >= 4 is 17.5 Å². The average Bonchev–Trinajstić information content (AvgIpc) is 2.98. The molecule has 0 radical (unpaired) electrons. The summed E-state index contributed by atoms with van der Waals surface area (Å²) in [5, 5.41) is 5.97. The van der Waals surface area contributed by atoms with Crippen LogP contribution >= 0.6 is 0 Å². The second-order valence-corrected chi connectivity index (χ2v) is 6.06.